The number of hydrogen-bond donors (Lipinski definition) is 1. The fraction of sp³-hybridized carbons (Fsp3) is 0.467. The summed E-state index contributed by atoms with van der Waals surface area (Å²) in [6, 6.07) is 0.946. The third-order valence-electron chi connectivity index (χ3n) is 4.08. The van der Waals surface area contributed by atoms with Crippen molar-refractivity contribution in [1.82, 2.24) is 19.3 Å². The second-order valence-corrected chi connectivity index (χ2v) is 7.37. The number of rotatable bonds is 6. The SMILES string of the molecule is CCn1ccnc1[C@@H]1OCC[C@H]1CNS(=O)(=O)c1cncc(F)c1. The Morgan fingerprint density at radius 3 is 3.04 bits per heavy atom. The fourth-order valence-corrected chi connectivity index (χ4v) is 3.88. The van der Waals surface area contributed by atoms with Gasteiger partial charge in [-0.1, -0.05) is 0 Å². The number of nitrogens with one attached hydrogen (secondary N) is 1. The molecular formula is C15H19FN4O3S. The number of hydrogen-bond acceptors (Lipinski definition) is 5. The Morgan fingerprint density at radius 2 is 2.29 bits per heavy atom. The Kier molecular flexibility index (Phi) is 4.93. The van der Waals surface area contributed by atoms with Crippen LogP contribution < -0.4 is 4.72 Å². The van der Waals surface area contributed by atoms with Crippen molar-refractivity contribution in [2.75, 3.05) is 13.2 Å². The number of nitrogens with zero attached hydrogens (tertiary/aromatic N) is 3. The maximum absolute atomic E-state index is 13.2. The third kappa shape index (κ3) is 3.47. The van der Waals surface area contributed by atoms with Gasteiger partial charge in [0.05, 0.1) is 6.20 Å². The van der Waals surface area contributed by atoms with Crippen LogP contribution in [0.25, 0.3) is 0 Å². The normalized spacial score (nSPS) is 21.2. The van der Waals surface area contributed by atoms with E-state index in [-0.39, 0.29) is 23.5 Å². The highest BCUT2D eigenvalue weighted by Crippen LogP contribution is 2.33. The lowest BCUT2D eigenvalue weighted by atomic mass is 10.0. The third-order valence-corrected chi connectivity index (χ3v) is 5.47. The quantitative estimate of drug-likeness (QED) is 0.849. The van der Waals surface area contributed by atoms with Crippen LogP contribution >= 0.6 is 0 Å². The summed E-state index contributed by atoms with van der Waals surface area (Å²) in [6.07, 6.45) is 6.14. The van der Waals surface area contributed by atoms with Crippen molar-refractivity contribution in [3.63, 3.8) is 0 Å². The van der Waals surface area contributed by atoms with Gasteiger partial charge in [-0.15, -0.1) is 0 Å². The summed E-state index contributed by atoms with van der Waals surface area (Å²) in [7, 11) is -3.81. The molecule has 0 aliphatic carbocycles. The molecule has 0 unspecified atom stereocenters. The first-order valence-electron chi connectivity index (χ1n) is 7.74. The van der Waals surface area contributed by atoms with Gasteiger partial charge in [0.1, 0.15) is 22.6 Å². The van der Waals surface area contributed by atoms with Crippen molar-refractivity contribution in [3.05, 3.63) is 42.5 Å². The summed E-state index contributed by atoms with van der Waals surface area (Å²) in [5.74, 6) is 0.0746. The average molecular weight is 354 g/mol. The molecule has 1 fully saturated rings. The Bertz CT molecular complexity index is 809. The fourth-order valence-electron chi connectivity index (χ4n) is 2.81. The molecule has 0 aromatic carbocycles. The van der Waals surface area contributed by atoms with Crippen LogP contribution in [0.1, 0.15) is 25.3 Å². The van der Waals surface area contributed by atoms with Crippen LogP contribution in [-0.2, 0) is 21.3 Å². The van der Waals surface area contributed by atoms with Gasteiger partial charge in [-0.05, 0) is 19.4 Å². The van der Waals surface area contributed by atoms with Crippen molar-refractivity contribution in [2.45, 2.75) is 30.9 Å². The number of aromatic nitrogens is 3. The maximum Gasteiger partial charge on any atom is 0.242 e. The second kappa shape index (κ2) is 6.96. The summed E-state index contributed by atoms with van der Waals surface area (Å²) in [6.45, 7) is 3.52. The minimum absolute atomic E-state index is 0.0333. The van der Waals surface area contributed by atoms with E-state index in [1.165, 1.54) is 0 Å². The summed E-state index contributed by atoms with van der Waals surface area (Å²) >= 11 is 0. The molecule has 3 heterocycles. The zero-order valence-corrected chi connectivity index (χ0v) is 14.0. The topological polar surface area (TPSA) is 86.1 Å². The van der Waals surface area contributed by atoms with E-state index in [9.17, 15) is 12.8 Å². The van der Waals surface area contributed by atoms with Gasteiger partial charge in [-0.3, -0.25) is 4.98 Å². The average Bonchev–Trinajstić information content (AvgIpc) is 3.21. The van der Waals surface area contributed by atoms with Crippen molar-refractivity contribution in [3.8, 4) is 0 Å². The summed E-state index contributed by atoms with van der Waals surface area (Å²) in [5.41, 5.74) is 0. The van der Waals surface area contributed by atoms with Crippen molar-refractivity contribution in [2.24, 2.45) is 5.92 Å². The van der Waals surface area contributed by atoms with Gasteiger partial charge >= 0.3 is 0 Å². The molecule has 24 heavy (non-hydrogen) atoms. The number of sulfonamides is 1. The first kappa shape index (κ1) is 17.0. The molecule has 2 aromatic heterocycles. The summed E-state index contributed by atoms with van der Waals surface area (Å²) < 4.78 is 48.0. The van der Waals surface area contributed by atoms with Gasteiger partial charge in [-0.2, -0.15) is 0 Å². The predicted molar refractivity (Wildman–Crippen MR) is 84.1 cm³/mol. The van der Waals surface area contributed by atoms with E-state index in [1.807, 2.05) is 17.7 Å². The number of aryl methyl sites for hydroxylation is 1. The van der Waals surface area contributed by atoms with Crippen LogP contribution in [0.5, 0.6) is 0 Å². The van der Waals surface area contributed by atoms with E-state index in [0.29, 0.717) is 6.61 Å². The van der Waals surface area contributed by atoms with Crippen LogP contribution in [0.2, 0.25) is 0 Å². The lowest BCUT2D eigenvalue weighted by molar-refractivity contribution is 0.0816. The Hall–Kier alpha value is -1.84. The van der Waals surface area contributed by atoms with Crippen molar-refractivity contribution >= 4 is 10.0 Å². The van der Waals surface area contributed by atoms with E-state index >= 15 is 0 Å². The molecule has 1 aliphatic heterocycles. The van der Waals surface area contributed by atoms with Crippen molar-refractivity contribution in [1.29, 1.82) is 0 Å². The highest BCUT2D eigenvalue weighted by molar-refractivity contribution is 7.89. The smallest absolute Gasteiger partial charge is 0.242 e. The highest BCUT2D eigenvalue weighted by Gasteiger charge is 2.33. The molecule has 2 aromatic rings. The zero-order valence-electron chi connectivity index (χ0n) is 13.2. The molecule has 130 valence electrons. The lowest BCUT2D eigenvalue weighted by Crippen LogP contribution is -2.31. The minimum atomic E-state index is -3.81. The molecule has 1 N–H and O–H groups in total. The lowest BCUT2D eigenvalue weighted by Gasteiger charge is -2.19. The van der Waals surface area contributed by atoms with Crippen LogP contribution in [0.4, 0.5) is 4.39 Å². The van der Waals surface area contributed by atoms with E-state index in [0.717, 1.165) is 37.3 Å². The van der Waals surface area contributed by atoms with Gasteiger partial charge < -0.3 is 9.30 Å². The number of pyridine rings is 1. The summed E-state index contributed by atoms with van der Waals surface area (Å²) in [4.78, 5) is 7.72. The van der Waals surface area contributed by atoms with Gasteiger partial charge in [0, 0.05) is 44.2 Å². The molecule has 0 spiro atoms. The first-order chi connectivity index (χ1) is 11.5. The first-order valence-corrected chi connectivity index (χ1v) is 9.22. The zero-order chi connectivity index (χ0) is 17.2. The monoisotopic (exact) mass is 354 g/mol. The second-order valence-electron chi connectivity index (χ2n) is 5.60. The molecule has 2 atom stereocenters. The van der Waals surface area contributed by atoms with E-state index in [4.69, 9.17) is 4.74 Å². The molecule has 1 saturated heterocycles. The Balaban J connectivity index is 1.71. The maximum atomic E-state index is 13.2. The summed E-state index contributed by atoms with van der Waals surface area (Å²) in [5, 5.41) is 0. The van der Waals surface area contributed by atoms with Gasteiger partial charge in [-0.25, -0.2) is 22.5 Å². The van der Waals surface area contributed by atoms with Gasteiger partial charge in [0.15, 0.2) is 0 Å². The van der Waals surface area contributed by atoms with Crippen LogP contribution in [-0.4, -0.2) is 36.1 Å². The van der Waals surface area contributed by atoms with E-state index in [2.05, 4.69) is 14.7 Å². The number of halogens is 1. The molecule has 0 bridgehead atoms. The molecule has 9 heteroatoms. The van der Waals surface area contributed by atoms with Crippen molar-refractivity contribution < 1.29 is 17.5 Å². The van der Waals surface area contributed by atoms with E-state index in [1.54, 1.807) is 6.20 Å². The van der Waals surface area contributed by atoms with E-state index < -0.39 is 15.8 Å². The Morgan fingerprint density at radius 1 is 1.46 bits per heavy atom. The molecule has 0 amide bonds. The highest BCUT2D eigenvalue weighted by atomic mass is 32.2. The van der Waals surface area contributed by atoms with Crippen LogP contribution in [0.3, 0.4) is 0 Å². The van der Waals surface area contributed by atoms with Crippen LogP contribution in [0, 0.1) is 11.7 Å². The number of ether oxygens (including phenoxy) is 1. The minimum Gasteiger partial charge on any atom is -0.370 e. The largest absolute Gasteiger partial charge is 0.370 e. The molecule has 0 radical (unpaired) electrons. The number of imidazole rings is 1. The van der Waals surface area contributed by atoms with Gasteiger partial charge in [0.2, 0.25) is 10.0 Å². The molecular weight excluding hydrogens is 335 g/mol. The molecule has 7 nitrogen and oxygen atoms in total. The molecule has 1 aliphatic rings. The standard InChI is InChI=1S/C15H19FN4O3S/c1-2-20-5-4-18-15(20)14-11(3-6-23-14)8-19-24(21,22)13-7-12(16)9-17-10-13/h4-5,7,9-11,14,19H,2-3,6,8H2,1H3/t11-,14+/m0/s1. The predicted octanol–water partition coefficient (Wildman–Crippen LogP) is 1.49. The molecule has 3 rings (SSSR count). The molecule has 0 saturated carbocycles. The Labute approximate surface area is 139 Å². The van der Waals surface area contributed by atoms with Crippen LogP contribution in [0.15, 0.2) is 35.7 Å². The van der Waals surface area contributed by atoms with Gasteiger partial charge in [0.25, 0.3) is 0 Å².